The number of nitrogens with one attached hydrogen (secondary N) is 1. The van der Waals surface area contributed by atoms with Crippen molar-refractivity contribution in [2.45, 2.75) is 30.8 Å². The third-order valence-electron chi connectivity index (χ3n) is 7.09. The molecule has 0 fully saturated rings. The first-order chi connectivity index (χ1) is 20.2. The van der Waals surface area contributed by atoms with Crippen LogP contribution in [0.3, 0.4) is 0 Å². The first-order valence-electron chi connectivity index (χ1n) is 13.6. The van der Waals surface area contributed by atoms with Crippen molar-refractivity contribution in [1.29, 1.82) is 0 Å². The fraction of sp³-hybridized carbons (Fsp3) is 0.212. The summed E-state index contributed by atoms with van der Waals surface area (Å²) in [6, 6.07) is 30.6. The van der Waals surface area contributed by atoms with E-state index in [9.17, 15) is 18.0 Å². The molecular formula is C33H35N3O5S. The van der Waals surface area contributed by atoms with E-state index in [0.29, 0.717) is 11.4 Å². The van der Waals surface area contributed by atoms with Crippen LogP contribution in [0.1, 0.15) is 16.7 Å². The second-order valence-corrected chi connectivity index (χ2v) is 11.7. The molecule has 8 nitrogen and oxygen atoms in total. The van der Waals surface area contributed by atoms with E-state index < -0.39 is 28.5 Å². The molecule has 9 heteroatoms. The molecule has 0 heterocycles. The van der Waals surface area contributed by atoms with Crippen molar-refractivity contribution >= 4 is 27.5 Å². The molecule has 0 aromatic heterocycles. The quantitative estimate of drug-likeness (QED) is 0.263. The number of carbonyl (C=O) groups is 2. The molecule has 4 aromatic carbocycles. The molecule has 0 radical (unpaired) electrons. The number of methoxy groups -OCH3 is 1. The Kier molecular flexibility index (Phi) is 9.98. The molecular weight excluding hydrogens is 550 g/mol. The number of nitrogens with zero attached hydrogens (tertiary/aromatic N) is 2. The van der Waals surface area contributed by atoms with Gasteiger partial charge in [-0.15, -0.1) is 0 Å². The van der Waals surface area contributed by atoms with Crippen LogP contribution in [0.25, 0.3) is 0 Å². The molecule has 42 heavy (non-hydrogen) atoms. The van der Waals surface area contributed by atoms with Gasteiger partial charge >= 0.3 is 0 Å². The maximum atomic E-state index is 14.3. The van der Waals surface area contributed by atoms with Gasteiger partial charge in [-0.2, -0.15) is 0 Å². The molecule has 0 bridgehead atoms. The number of likely N-dealkylation sites (N-methyl/N-ethyl adjacent to an activating group) is 1. The number of amides is 2. The second-order valence-electron chi connectivity index (χ2n) is 9.79. The standard InChI is InChI=1S/C33H35N3O5S/c1-25-12-10-11-15-27(25)23-35(31(33(38)34-2)22-26-13-6-4-7-14-26)32(37)24-36(28-18-20-29(41-3)21-19-28)42(39,40)30-16-8-5-9-17-30/h4-21,31H,22-24H2,1-3H3,(H,34,38)/t31-/m1/s1. The minimum Gasteiger partial charge on any atom is -0.497 e. The van der Waals surface area contributed by atoms with Crippen molar-refractivity contribution in [1.82, 2.24) is 10.2 Å². The Balaban J connectivity index is 1.79. The largest absolute Gasteiger partial charge is 0.497 e. The lowest BCUT2D eigenvalue weighted by Gasteiger charge is -2.34. The van der Waals surface area contributed by atoms with E-state index in [-0.39, 0.29) is 23.8 Å². The summed E-state index contributed by atoms with van der Waals surface area (Å²) in [5.41, 5.74) is 2.98. The van der Waals surface area contributed by atoms with Crippen LogP contribution >= 0.6 is 0 Å². The molecule has 1 N–H and O–H groups in total. The first kappa shape index (κ1) is 30.3. The van der Waals surface area contributed by atoms with Gasteiger partial charge in [-0.1, -0.05) is 72.8 Å². The maximum Gasteiger partial charge on any atom is 0.264 e. The van der Waals surface area contributed by atoms with Crippen LogP contribution in [0.5, 0.6) is 5.75 Å². The average Bonchev–Trinajstić information content (AvgIpc) is 3.02. The van der Waals surface area contributed by atoms with Crippen molar-refractivity contribution in [2.24, 2.45) is 0 Å². The van der Waals surface area contributed by atoms with Gasteiger partial charge in [0, 0.05) is 20.0 Å². The highest BCUT2D eigenvalue weighted by Gasteiger charge is 2.34. The molecule has 4 rings (SSSR count). The summed E-state index contributed by atoms with van der Waals surface area (Å²) in [4.78, 5) is 29.2. The Hall–Kier alpha value is -4.63. The molecule has 0 spiro atoms. The fourth-order valence-corrected chi connectivity index (χ4v) is 6.12. The van der Waals surface area contributed by atoms with Gasteiger partial charge in [0.15, 0.2) is 0 Å². The van der Waals surface area contributed by atoms with E-state index >= 15 is 0 Å². The van der Waals surface area contributed by atoms with Gasteiger partial charge in [0.2, 0.25) is 11.8 Å². The summed E-state index contributed by atoms with van der Waals surface area (Å²) in [7, 11) is -1.10. The van der Waals surface area contributed by atoms with E-state index in [1.807, 2.05) is 61.5 Å². The van der Waals surface area contributed by atoms with Crippen molar-refractivity contribution in [2.75, 3.05) is 25.0 Å². The molecule has 0 saturated heterocycles. The smallest absolute Gasteiger partial charge is 0.264 e. The van der Waals surface area contributed by atoms with E-state index in [2.05, 4.69) is 5.32 Å². The van der Waals surface area contributed by atoms with Gasteiger partial charge in [-0.25, -0.2) is 8.42 Å². The zero-order chi connectivity index (χ0) is 30.1. The number of rotatable bonds is 12. The number of carbonyl (C=O) groups excluding carboxylic acids is 2. The molecule has 2 amide bonds. The first-order valence-corrected chi connectivity index (χ1v) is 15.0. The lowest BCUT2D eigenvalue weighted by atomic mass is 10.0. The van der Waals surface area contributed by atoms with Crippen LogP contribution in [-0.2, 0) is 32.6 Å². The van der Waals surface area contributed by atoms with Gasteiger partial charge in [0.1, 0.15) is 18.3 Å². The Morgan fingerprint density at radius 2 is 1.43 bits per heavy atom. The van der Waals surface area contributed by atoms with Crippen molar-refractivity contribution in [3.05, 3.63) is 126 Å². The van der Waals surface area contributed by atoms with Crippen LogP contribution in [0.2, 0.25) is 0 Å². The zero-order valence-corrected chi connectivity index (χ0v) is 24.8. The van der Waals surface area contributed by atoms with Gasteiger partial charge < -0.3 is 15.0 Å². The lowest BCUT2D eigenvalue weighted by Crippen LogP contribution is -2.53. The summed E-state index contributed by atoms with van der Waals surface area (Å²) >= 11 is 0. The van der Waals surface area contributed by atoms with Crippen LogP contribution in [0.15, 0.2) is 114 Å². The number of aryl methyl sites for hydroxylation is 1. The molecule has 0 aliphatic carbocycles. The third kappa shape index (κ3) is 7.16. The predicted molar refractivity (Wildman–Crippen MR) is 164 cm³/mol. The monoisotopic (exact) mass is 585 g/mol. The normalized spacial score (nSPS) is 11.8. The van der Waals surface area contributed by atoms with Crippen molar-refractivity contribution < 1.29 is 22.7 Å². The summed E-state index contributed by atoms with van der Waals surface area (Å²) in [6.07, 6.45) is 0.256. The Labute approximate surface area is 247 Å². The number of hydrogen-bond donors (Lipinski definition) is 1. The minimum atomic E-state index is -4.15. The zero-order valence-electron chi connectivity index (χ0n) is 23.9. The predicted octanol–water partition coefficient (Wildman–Crippen LogP) is 4.59. The molecule has 218 valence electrons. The number of sulfonamides is 1. The highest BCUT2D eigenvalue weighted by molar-refractivity contribution is 7.92. The summed E-state index contributed by atoms with van der Waals surface area (Å²) in [5, 5.41) is 2.70. The molecule has 0 aliphatic rings. The molecule has 0 aliphatic heterocycles. The SMILES string of the molecule is CNC(=O)[C@@H](Cc1ccccc1)N(Cc1ccccc1C)C(=O)CN(c1ccc(OC)cc1)S(=O)(=O)c1ccccc1. The lowest BCUT2D eigenvalue weighted by molar-refractivity contribution is -0.139. The summed E-state index contributed by atoms with van der Waals surface area (Å²) < 4.78 is 34.2. The molecule has 1 atom stereocenters. The summed E-state index contributed by atoms with van der Waals surface area (Å²) in [6.45, 7) is 1.55. The minimum absolute atomic E-state index is 0.0474. The van der Waals surface area contributed by atoms with Crippen LogP contribution in [0, 0.1) is 6.92 Å². The summed E-state index contributed by atoms with van der Waals surface area (Å²) in [5.74, 6) is -0.313. The Morgan fingerprint density at radius 3 is 2.02 bits per heavy atom. The highest BCUT2D eigenvalue weighted by Crippen LogP contribution is 2.27. The molecule has 4 aromatic rings. The van der Waals surface area contributed by atoms with E-state index in [1.165, 1.54) is 31.2 Å². The van der Waals surface area contributed by atoms with Crippen LogP contribution < -0.4 is 14.4 Å². The number of ether oxygens (including phenoxy) is 1. The third-order valence-corrected chi connectivity index (χ3v) is 8.88. The second kappa shape index (κ2) is 13.8. The topological polar surface area (TPSA) is 96.0 Å². The van der Waals surface area contributed by atoms with Crippen LogP contribution in [0.4, 0.5) is 5.69 Å². The van der Waals surface area contributed by atoms with E-state index in [4.69, 9.17) is 4.74 Å². The van der Waals surface area contributed by atoms with Crippen molar-refractivity contribution in [3.8, 4) is 5.75 Å². The highest BCUT2D eigenvalue weighted by atomic mass is 32.2. The van der Waals surface area contributed by atoms with Gasteiger partial charge in [0.25, 0.3) is 10.0 Å². The Bertz CT molecular complexity index is 1590. The van der Waals surface area contributed by atoms with Crippen molar-refractivity contribution in [3.63, 3.8) is 0 Å². The van der Waals surface area contributed by atoms with Crippen LogP contribution in [-0.4, -0.2) is 51.9 Å². The average molecular weight is 586 g/mol. The van der Waals surface area contributed by atoms with E-state index in [0.717, 1.165) is 21.0 Å². The van der Waals surface area contributed by atoms with Gasteiger partial charge in [-0.05, 0) is 60.0 Å². The molecule has 0 unspecified atom stereocenters. The van der Waals surface area contributed by atoms with Gasteiger partial charge in [0.05, 0.1) is 17.7 Å². The van der Waals surface area contributed by atoms with E-state index in [1.54, 1.807) is 42.5 Å². The maximum absolute atomic E-state index is 14.3. The Morgan fingerprint density at radius 1 is 0.833 bits per heavy atom. The fourth-order valence-electron chi connectivity index (χ4n) is 4.69. The number of anilines is 1. The number of benzene rings is 4. The number of hydrogen-bond acceptors (Lipinski definition) is 5. The molecule has 0 saturated carbocycles. The van der Waals surface area contributed by atoms with Gasteiger partial charge in [-0.3, -0.25) is 13.9 Å².